The Morgan fingerprint density at radius 2 is 1.93 bits per heavy atom. The first-order valence-electron chi connectivity index (χ1n) is 4.17. The molecule has 15 heavy (non-hydrogen) atoms. The maximum Gasteiger partial charge on any atom is 0.310 e. The second kappa shape index (κ2) is 5.24. The Hall–Kier alpha value is -0.930. The summed E-state index contributed by atoms with van der Waals surface area (Å²) < 4.78 is 9.51. The van der Waals surface area contributed by atoms with Crippen LogP contribution in [0.3, 0.4) is 0 Å². The van der Waals surface area contributed by atoms with Crippen LogP contribution in [0, 0.1) is 0 Å². The highest BCUT2D eigenvalue weighted by molar-refractivity contribution is 6.43. The van der Waals surface area contributed by atoms with E-state index >= 15 is 0 Å². The molecule has 1 aromatic rings. The zero-order chi connectivity index (χ0) is 11.4. The summed E-state index contributed by atoms with van der Waals surface area (Å²) in [5, 5.41) is 0.627. The molecule has 1 rings (SSSR count). The van der Waals surface area contributed by atoms with Crippen molar-refractivity contribution in [3.8, 4) is 5.75 Å². The van der Waals surface area contributed by atoms with Crippen molar-refractivity contribution in [3.63, 3.8) is 0 Å². The van der Waals surface area contributed by atoms with Gasteiger partial charge in [-0.3, -0.25) is 4.79 Å². The van der Waals surface area contributed by atoms with Crippen molar-refractivity contribution in [3.05, 3.63) is 27.7 Å². The molecule has 0 saturated carbocycles. The highest BCUT2D eigenvalue weighted by Gasteiger charge is 2.13. The smallest absolute Gasteiger partial charge is 0.310 e. The van der Waals surface area contributed by atoms with Gasteiger partial charge in [0.1, 0.15) is 10.8 Å². The molecule has 0 fully saturated rings. The highest BCUT2D eigenvalue weighted by atomic mass is 35.5. The summed E-state index contributed by atoms with van der Waals surface area (Å²) in [6.07, 6.45) is 0.0963. The second-order valence-electron chi connectivity index (χ2n) is 2.81. The molecule has 82 valence electrons. The fourth-order valence-electron chi connectivity index (χ4n) is 1.09. The van der Waals surface area contributed by atoms with Crippen LogP contribution in [0.2, 0.25) is 10.0 Å². The van der Waals surface area contributed by atoms with E-state index in [0.29, 0.717) is 21.4 Å². The van der Waals surface area contributed by atoms with Gasteiger partial charge in [-0.05, 0) is 11.6 Å². The van der Waals surface area contributed by atoms with E-state index in [1.165, 1.54) is 14.2 Å². The van der Waals surface area contributed by atoms with Crippen LogP contribution in [-0.4, -0.2) is 20.2 Å². The SMILES string of the molecule is COC(=O)Cc1ccc(OC)c(Cl)c1Cl. The highest BCUT2D eigenvalue weighted by Crippen LogP contribution is 2.34. The number of benzene rings is 1. The van der Waals surface area contributed by atoms with Gasteiger partial charge in [-0.15, -0.1) is 0 Å². The van der Waals surface area contributed by atoms with E-state index in [2.05, 4.69) is 4.74 Å². The number of esters is 1. The standard InChI is InChI=1S/C10H10Cl2O3/c1-14-7-4-3-6(5-8(13)15-2)9(11)10(7)12/h3-4H,5H2,1-2H3. The summed E-state index contributed by atoms with van der Waals surface area (Å²) in [5.41, 5.74) is 0.620. The molecule has 0 saturated heterocycles. The van der Waals surface area contributed by atoms with Gasteiger partial charge in [0.25, 0.3) is 0 Å². The fraction of sp³-hybridized carbons (Fsp3) is 0.300. The first-order valence-corrected chi connectivity index (χ1v) is 4.93. The van der Waals surface area contributed by atoms with E-state index in [1.807, 2.05) is 0 Å². The molecular weight excluding hydrogens is 239 g/mol. The average molecular weight is 249 g/mol. The Labute approximate surface area is 97.9 Å². The zero-order valence-electron chi connectivity index (χ0n) is 8.34. The van der Waals surface area contributed by atoms with Crippen LogP contribution in [0.1, 0.15) is 5.56 Å². The molecule has 0 aliphatic heterocycles. The van der Waals surface area contributed by atoms with Gasteiger partial charge >= 0.3 is 5.97 Å². The Morgan fingerprint density at radius 3 is 2.47 bits per heavy atom. The Balaban J connectivity index is 3.01. The van der Waals surface area contributed by atoms with Gasteiger partial charge < -0.3 is 9.47 Å². The summed E-state index contributed by atoms with van der Waals surface area (Å²) in [6, 6.07) is 3.34. The van der Waals surface area contributed by atoms with Crippen molar-refractivity contribution >= 4 is 29.2 Å². The summed E-state index contributed by atoms with van der Waals surface area (Å²) >= 11 is 11.9. The fourth-order valence-corrected chi connectivity index (χ4v) is 1.58. The third-order valence-corrected chi connectivity index (χ3v) is 2.81. The number of rotatable bonds is 3. The van der Waals surface area contributed by atoms with E-state index in [0.717, 1.165) is 0 Å². The van der Waals surface area contributed by atoms with Crippen molar-refractivity contribution in [2.45, 2.75) is 6.42 Å². The summed E-state index contributed by atoms with van der Waals surface area (Å²) in [6.45, 7) is 0. The number of hydrogen-bond acceptors (Lipinski definition) is 3. The molecule has 0 radical (unpaired) electrons. The van der Waals surface area contributed by atoms with Crippen LogP contribution in [-0.2, 0) is 16.0 Å². The lowest BCUT2D eigenvalue weighted by Gasteiger charge is -2.08. The topological polar surface area (TPSA) is 35.5 Å². The lowest BCUT2D eigenvalue weighted by molar-refractivity contribution is -0.139. The maximum absolute atomic E-state index is 11.0. The molecule has 0 atom stereocenters. The van der Waals surface area contributed by atoms with Crippen molar-refractivity contribution in [2.24, 2.45) is 0 Å². The van der Waals surface area contributed by atoms with Crippen molar-refractivity contribution < 1.29 is 14.3 Å². The number of carbonyl (C=O) groups excluding carboxylic acids is 1. The predicted octanol–water partition coefficient (Wildman–Crippen LogP) is 2.72. The molecular formula is C10H10Cl2O3. The van der Waals surface area contributed by atoms with Gasteiger partial charge in [-0.2, -0.15) is 0 Å². The van der Waals surface area contributed by atoms with Crippen molar-refractivity contribution in [1.82, 2.24) is 0 Å². The first kappa shape index (κ1) is 12.1. The van der Waals surface area contributed by atoms with Gasteiger partial charge in [-0.1, -0.05) is 29.3 Å². The quantitative estimate of drug-likeness (QED) is 0.772. The molecule has 5 heteroatoms. The molecule has 0 spiro atoms. The Kier molecular flexibility index (Phi) is 4.24. The number of carbonyl (C=O) groups is 1. The van der Waals surface area contributed by atoms with Gasteiger partial charge in [0.2, 0.25) is 0 Å². The first-order chi connectivity index (χ1) is 7.10. The second-order valence-corrected chi connectivity index (χ2v) is 3.56. The molecule has 1 aromatic carbocycles. The van der Waals surface area contributed by atoms with Crippen LogP contribution in [0.25, 0.3) is 0 Å². The number of hydrogen-bond donors (Lipinski definition) is 0. The predicted molar refractivity (Wildman–Crippen MR) is 58.7 cm³/mol. The molecule has 0 N–H and O–H groups in total. The Morgan fingerprint density at radius 1 is 1.27 bits per heavy atom. The van der Waals surface area contributed by atoms with Crippen LogP contribution in [0.4, 0.5) is 0 Å². The minimum atomic E-state index is -0.363. The molecule has 0 bridgehead atoms. The van der Waals surface area contributed by atoms with E-state index in [4.69, 9.17) is 27.9 Å². The van der Waals surface area contributed by atoms with E-state index in [-0.39, 0.29) is 12.4 Å². The minimum Gasteiger partial charge on any atom is -0.495 e. The summed E-state index contributed by atoms with van der Waals surface area (Å²) in [5.74, 6) is 0.119. The molecule has 0 aromatic heterocycles. The minimum absolute atomic E-state index is 0.0963. The van der Waals surface area contributed by atoms with E-state index in [9.17, 15) is 4.79 Å². The maximum atomic E-state index is 11.0. The van der Waals surface area contributed by atoms with Crippen LogP contribution in [0.5, 0.6) is 5.75 Å². The summed E-state index contributed by atoms with van der Waals surface area (Å²) in [7, 11) is 2.82. The molecule has 0 aliphatic rings. The zero-order valence-corrected chi connectivity index (χ0v) is 9.85. The third kappa shape index (κ3) is 2.76. The lowest BCUT2D eigenvalue weighted by Crippen LogP contribution is -2.05. The van der Waals surface area contributed by atoms with Crippen LogP contribution in [0.15, 0.2) is 12.1 Å². The number of halogens is 2. The van der Waals surface area contributed by atoms with E-state index < -0.39 is 0 Å². The van der Waals surface area contributed by atoms with Crippen molar-refractivity contribution in [2.75, 3.05) is 14.2 Å². The van der Waals surface area contributed by atoms with Gasteiger partial charge in [0.05, 0.1) is 25.7 Å². The average Bonchev–Trinajstić information content (AvgIpc) is 2.25. The molecule has 0 heterocycles. The van der Waals surface area contributed by atoms with Gasteiger partial charge in [0, 0.05) is 0 Å². The lowest BCUT2D eigenvalue weighted by atomic mass is 10.1. The third-order valence-electron chi connectivity index (χ3n) is 1.91. The number of ether oxygens (including phenoxy) is 2. The largest absolute Gasteiger partial charge is 0.495 e. The van der Waals surface area contributed by atoms with Gasteiger partial charge in [0.15, 0.2) is 0 Å². The molecule has 3 nitrogen and oxygen atoms in total. The van der Waals surface area contributed by atoms with E-state index in [1.54, 1.807) is 12.1 Å². The van der Waals surface area contributed by atoms with Crippen LogP contribution < -0.4 is 4.74 Å². The Bertz CT molecular complexity index is 377. The monoisotopic (exact) mass is 248 g/mol. The number of methoxy groups -OCH3 is 2. The molecule has 0 amide bonds. The van der Waals surface area contributed by atoms with Gasteiger partial charge in [-0.25, -0.2) is 0 Å². The summed E-state index contributed by atoms with van der Waals surface area (Å²) in [4.78, 5) is 11.0. The molecule has 0 unspecified atom stereocenters. The van der Waals surface area contributed by atoms with Crippen molar-refractivity contribution in [1.29, 1.82) is 0 Å². The van der Waals surface area contributed by atoms with Crippen LogP contribution >= 0.6 is 23.2 Å². The molecule has 0 aliphatic carbocycles. The normalized spacial score (nSPS) is 9.87.